The van der Waals surface area contributed by atoms with E-state index in [0.29, 0.717) is 11.1 Å². The molecule has 3 aromatic rings. The average Bonchev–Trinajstić information content (AvgIpc) is 2.46. The first-order chi connectivity index (χ1) is 9.65. The van der Waals surface area contributed by atoms with Crippen molar-refractivity contribution in [1.82, 2.24) is 0 Å². The normalized spacial score (nSPS) is 10.6. The number of benzene rings is 2. The first kappa shape index (κ1) is 12.1. The molecule has 0 atom stereocenters. The quantitative estimate of drug-likeness (QED) is 0.569. The van der Waals surface area contributed by atoms with E-state index >= 15 is 0 Å². The number of fused-ring (bicyclic) bond motifs is 1. The number of nitrogens with one attached hydrogen (secondary N) is 1. The lowest BCUT2D eigenvalue weighted by Gasteiger charge is -2.03. The SMILES string of the molecule is N=c1oc2ccccc2cc1-c1ccc([N+](=O)[O-])cc1. The molecule has 1 N–H and O–H groups in total. The van der Waals surface area contributed by atoms with E-state index in [4.69, 9.17) is 9.83 Å². The monoisotopic (exact) mass is 266 g/mol. The molecular weight excluding hydrogens is 256 g/mol. The molecule has 98 valence electrons. The van der Waals surface area contributed by atoms with Crippen molar-refractivity contribution in [3.05, 3.63) is 70.3 Å². The maximum absolute atomic E-state index is 10.6. The number of nitrogens with zero attached hydrogens (tertiary/aromatic N) is 1. The summed E-state index contributed by atoms with van der Waals surface area (Å²) in [6.07, 6.45) is 0. The van der Waals surface area contributed by atoms with E-state index in [2.05, 4.69) is 0 Å². The molecule has 0 amide bonds. The van der Waals surface area contributed by atoms with Gasteiger partial charge in [-0.2, -0.15) is 0 Å². The molecule has 0 unspecified atom stereocenters. The molecule has 20 heavy (non-hydrogen) atoms. The van der Waals surface area contributed by atoms with E-state index in [-0.39, 0.29) is 11.2 Å². The first-order valence-electron chi connectivity index (χ1n) is 5.97. The summed E-state index contributed by atoms with van der Waals surface area (Å²) in [5.74, 6) is 0. The van der Waals surface area contributed by atoms with Crippen LogP contribution in [0, 0.1) is 15.5 Å². The van der Waals surface area contributed by atoms with Crippen LogP contribution in [0.4, 0.5) is 5.69 Å². The summed E-state index contributed by atoms with van der Waals surface area (Å²) in [4.78, 5) is 10.2. The van der Waals surface area contributed by atoms with Gasteiger partial charge in [-0.25, -0.2) is 0 Å². The highest BCUT2D eigenvalue weighted by molar-refractivity contribution is 5.81. The number of hydrogen-bond acceptors (Lipinski definition) is 4. The Bertz CT molecular complexity index is 851. The molecule has 0 spiro atoms. The van der Waals surface area contributed by atoms with Crippen LogP contribution < -0.4 is 5.55 Å². The minimum atomic E-state index is -0.448. The molecule has 0 fully saturated rings. The molecule has 1 aromatic heterocycles. The molecule has 0 saturated heterocycles. The zero-order valence-electron chi connectivity index (χ0n) is 10.4. The van der Waals surface area contributed by atoms with Gasteiger partial charge in [0.05, 0.1) is 4.92 Å². The van der Waals surface area contributed by atoms with Crippen molar-refractivity contribution in [1.29, 1.82) is 5.41 Å². The van der Waals surface area contributed by atoms with Gasteiger partial charge in [0.15, 0.2) is 0 Å². The second kappa shape index (κ2) is 4.62. The van der Waals surface area contributed by atoms with Gasteiger partial charge in [-0.15, -0.1) is 0 Å². The van der Waals surface area contributed by atoms with Crippen LogP contribution in [0.3, 0.4) is 0 Å². The zero-order chi connectivity index (χ0) is 14.1. The summed E-state index contributed by atoms with van der Waals surface area (Å²) in [6.45, 7) is 0. The average molecular weight is 266 g/mol. The van der Waals surface area contributed by atoms with Crippen LogP contribution in [0.25, 0.3) is 22.1 Å². The topological polar surface area (TPSA) is 80.1 Å². The molecule has 2 aromatic carbocycles. The van der Waals surface area contributed by atoms with Crippen LogP contribution in [0.15, 0.2) is 59.0 Å². The van der Waals surface area contributed by atoms with Crippen molar-refractivity contribution in [3.63, 3.8) is 0 Å². The predicted molar refractivity (Wildman–Crippen MR) is 74.2 cm³/mol. The van der Waals surface area contributed by atoms with Crippen LogP contribution in [-0.2, 0) is 0 Å². The van der Waals surface area contributed by atoms with Gasteiger partial charge in [0, 0.05) is 23.1 Å². The third kappa shape index (κ3) is 2.05. The van der Waals surface area contributed by atoms with Crippen molar-refractivity contribution in [2.24, 2.45) is 0 Å². The molecule has 0 radical (unpaired) electrons. The van der Waals surface area contributed by atoms with Crippen LogP contribution in [0.5, 0.6) is 0 Å². The van der Waals surface area contributed by atoms with Crippen molar-refractivity contribution < 1.29 is 9.34 Å². The lowest BCUT2D eigenvalue weighted by atomic mass is 10.1. The summed E-state index contributed by atoms with van der Waals surface area (Å²) >= 11 is 0. The highest BCUT2D eigenvalue weighted by Crippen LogP contribution is 2.23. The summed E-state index contributed by atoms with van der Waals surface area (Å²) < 4.78 is 5.46. The molecule has 0 aliphatic carbocycles. The second-order valence-corrected chi connectivity index (χ2v) is 4.33. The van der Waals surface area contributed by atoms with Gasteiger partial charge >= 0.3 is 0 Å². The summed E-state index contributed by atoms with van der Waals surface area (Å²) in [5, 5.41) is 19.5. The van der Waals surface area contributed by atoms with Crippen molar-refractivity contribution >= 4 is 16.7 Å². The first-order valence-corrected chi connectivity index (χ1v) is 5.97. The number of para-hydroxylation sites is 1. The van der Waals surface area contributed by atoms with Gasteiger partial charge in [-0.3, -0.25) is 15.5 Å². The Balaban J connectivity index is 2.16. The molecule has 0 bridgehead atoms. The van der Waals surface area contributed by atoms with Crippen molar-refractivity contribution in [2.75, 3.05) is 0 Å². The van der Waals surface area contributed by atoms with Crippen LogP contribution in [0.1, 0.15) is 0 Å². The largest absolute Gasteiger partial charge is 0.438 e. The van der Waals surface area contributed by atoms with Crippen LogP contribution >= 0.6 is 0 Å². The molecular formula is C15H10N2O3. The molecule has 1 heterocycles. The molecule has 3 rings (SSSR count). The third-order valence-corrected chi connectivity index (χ3v) is 3.06. The smallest absolute Gasteiger partial charge is 0.269 e. The Kier molecular flexibility index (Phi) is 2.80. The molecule has 5 heteroatoms. The fourth-order valence-corrected chi connectivity index (χ4v) is 2.06. The standard InChI is InChI=1S/C15H10N2O3/c16-15-13(9-11-3-1-2-4-14(11)20-15)10-5-7-12(8-6-10)17(18)19/h1-9,16H. The van der Waals surface area contributed by atoms with Crippen molar-refractivity contribution in [2.45, 2.75) is 0 Å². The minimum absolute atomic E-state index is 0.0259. The number of non-ortho nitro benzene ring substituents is 1. The minimum Gasteiger partial charge on any atom is -0.438 e. The van der Waals surface area contributed by atoms with E-state index in [1.165, 1.54) is 12.1 Å². The summed E-state index contributed by atoms with van der Waals surface area (Å²) in [5.41, 5.74) is 2.03. The lowest BCUT2D eigenvalue weighted by Crippen LogP contribution is -2.02. The maximum Gasteiger partial charge on any atom is 0.269 e. The number of nitro benzene ring substituents is 1. The Labute approximate surface area is 113 Å². The van der Waals surface area contributed by atoms with E-state index < -0.39 is 4.92 Å². The molecule has 0 saturated carbocycles. The molecule has 5 nitrogen and oxygen atoms in total. The van der Waals surface area contributed by atoms with E-state index in [1.807, 2.05) is 24.3 Å². The van der Waals surface area contributed by atoms with Gasteiger partial charge in [0.25, 0.3) is 5.69 Å². The molecule has 0 aliphatic heterocycles. The number of nitro groups is 1. The van der Waals surface area contributed by atoms with E-state index in [1.54, 1.807) is 18.2 Å². The van der Waals surface area contributed by atoms with Gasteiger partial charge in [-0.05, 0) is 29.8 Å². The lowest BCUT2D eigenvalue weighted by molar-refractivity contribution is -0.384. The van der Waals surface area contributed by atoms with Crippen molar-refractivity contribution in [3.8, 4) is 11.1 Å². The summed E-state index contributed by atoms with van der Waals surface area (Å²) in [6, 6.07) is 15.4. The zero-order valence-corrected chi connectivity index (χ0v) is 10.4. The maximum atomic E-state index is 10.6. The Morgan fingerprint density at radius 2 is 1.75 bits per heavy atom. The Morgan fingerprint density at radius 1 is 1.05 bits per heavy atom. The predicted octanol–water partition coefficient (Wildman–Crippen LogP) is 3.49. The second-order valence-electron chi connectivity index (χ2n) is 4.33. The van der Waals surface area contributed by atoms with Crippen LogP contribution in [-0.4, -0.2) is 4.92 Å². The fraction of sp³-hybridized carbons (Fsp3) is 0. The number of rotatable bonds is 2. The highest BCUT2D eigenvalue weighted by atomic mass is 16.6. The Hall–Kier alpha value is -2.95. The van der Waals surface area contributed by atoms with E-state index in [0.717, 1.165) is 10.9 Å². The number of hydrogen-bond donors (Lipinski definition) is 1. The highest BCUT2D eigenvalue weighted by Gasteiger charge is 2.08. The third-order valence-electron chi connectivity index (χ3n) is 3.06. The van der Waals surface area contributed by atoms with Gasteiger partial charge in [0.1, 0.15) is 5.58 Å². The Morgan fingerprint density at radius 3 is 2.45 bits per heavy atom. The van der Waals surface area contributed by atoms with Gasteiger partial charge in [-0.1, -0.05) is 18.2 Å². The van der Waals surface area contributed by atoms with Gasteiger partial charge < -0.3 is 4.42 Å². The van der Waals surface area contributed by atoms with Gasteiger partial charge in [0.2, 0.25) is 5.55 Å². The van der Waals surface area contributed by atoms with E-state index in [9.17, 15) is 10.1 Å². The summed E-state index contributed by atoms with van der Waals surface area (Å²) in [7, 11) is 0. The van der Waals surface area contributed by atoms with Crippen LogP contribution in [0.2, 0.25) is 0 Å². The fourth-order valence-electron chi connectivity index (χ4n) is 2.06. The molecule has 0 aliphatic rings.